The van der Waals surface area contributed by atoms with Crippen molar-refractivity contribution in [2.45, 2.75) is 75.7 Å². The summed E-state index contributed by atoms with van der Waals surface area (Å²) in [6, 6.07) is 4.06. The largest absolute Gasteiger partial charge is 0.382 e. The molecule has 206 valence electrons. The van der Waals surface area contributed by atoms with Crippen molar-refractivity contribution < 1.29 is 23.9 Å². The van der Waals surface area contributed by atoms with Crippen molar-refractivity contribution in [2.24, 2.45) is 11.8 Å². The molecule has 1 aliphatic carbocycles. The Balaban J connectivity index is 1.44. The molecule has 1 spiro atoms. The van der Waals surface area contributed by atoms with Crippen LogP contribution in [0.5, 0.6) is 0 Å². The van der Waals surface area contributed by atoms with Crippen LogP contribution in [-0.2, 0) is 23.9 Å². The van der Waals surface area contributed by atoms with Gasteiger partial charge in [-0.25, -0.2) is 0 Å². The molecular weight excluding hydrogens is 529 g/mol. The first kappa shape index (κ1) is 27.4. The summed E-state index contributed by atoms with van der Waals surface area (Å²) in [6.45, 7) is 5.12. The third kappa shape index (κ3) is 4.74. The molecular formula is C28H35Cl2N3O5. The average Bonchev–Trinajstić information content (AvgIpc) is 3.45. The number of amides is 3. The molecule has 0 radical (unpaired) electrons. The molecule has 3 amide bonds. The number of halogens is 2. The van der Waals surface area contributed by atoms with Gasteiger partial charge in [0.15, 0.2) is 0 Å². The maximum atomic E-state index is 14.0. The topological polar surface area (TPSA) is 97.0 Å². The van der Waals surface area contributed by atoms with E-state index in [1.165, 1.54) is 6.42 Å². The molecule has 3 fully saturated rings. The molecule has 2 N–H and O–H groups in total. The highest BCUT2D eigenvalue weighted by molar-refractivity contribution is 6.42. The van der Waals surface area contributed by atoms with Gasteiger partial charge in [-0.2, -0.15) is 0 Å². The van der Waals surface area contributed by atoms with Crippen molar-refractivity contribution in [3.8, 4) is 0 Å². The van der Waals surface area contributed by atoms with Gasteiger partial charge in [-0.1, -0.05) is 54.6 Å². The number of nitrogens with zero attached hydrogens (tertiary/aromatic N) is 1. The van der Waals surface area contributed by atoms with Crippen LogP contribution < -0.4 is 10.6 Å². The van der Waals surface area contributed by atoms with Crippen molar-refractivity contribution in [3.63, 3.8) is 0 Å². The highest BCUT2D eigenvalue weighted by atomic mass is 35.5. The van der Waals surface area contributed by atoms with Gasteiger partial charge >= 0.3 is 0 Å². The number of carbonyl (C=O) groups excluding carboxylic acids is 3. The lowest BCUT2D eigenvalue weighted by atomic mass is 9.70. The summed E-state index contributed by atoms with van der Waals surface area (Å²) in [5.74, 6) is -2.47. The Morgan fingerprint density at radius 2 is 1.89 bits per heavy atom. The standard InChI is InChI=1S/C28H35Cl2N3O5/c1-3-37-15-7-14-33-23(25(35)31-17-8-5-4-6-9-17)28-13-12-27(2,38-28)21(22(28)26(33)36)24(34)32-18-10-11-19(29)20(30)16-18/h10-13,16-17,21-23H,3-9,14-15H2,1-2H3,(H,31,35)(H,32,34)/t21-,22-,23-,27-,28+/m1/s1. The van der Waals surface area contributed by atoms with E-state index >= 15 is 0 Å². The first-order valence-electron chi connectivity index (χ1n) is 13.6. The first-order valence-corrected chi connectivity index (χ1v) is 14.3. The van der Waals surface area contributed by atoms with Crippen molar-refractivity contribution in [1.82, 2.24) is 10.2 Å². The summed E-state index contributed by atoms with van der Waals surface area (Å²) >= 11 is 12.2. The molecule has 4 aliphatic rings. The second-order valence-corrected chi connectivity index (χ2v) is 11.7. The molecule has 10 heteroatoms. The summed E-state index contributed by atoms with van der Waals surface area (Å²) in [6.07, 6.45) is 9.43. The molecule has 1 aromatic rings. The van der Waals surface area contributed by atoms with E-state index in [9.17, 15) is 14.4 Å². The van der Waals surface area contributed by atoms with Gasteiger partial charge in [-0.15, -0.1) is 0 Å². The highest BCUT2D eigenvalue weighted by Gasteiger charge is 2.76. The van der Waals surface area contributed by atoms with Crippen LogP contribution in [0.2, 0.25) is 10.0 Å². The van der Waals surface area contributed by atoms with Crippen LogP contribution in [0, 0.1) is 11.8 Å². The van der Waals surface area contributed by atoms with E-state index in [4.69, 9.17) is 32.7 Å². The fourth-order valence-corrected chi connectivity index (χ4v) is 6.97. The fraction of sp³-hybridized carbons (Fsp3) is 0.607. The number of anilines is 1. The average molecular weight is 565 g/mol. The zero-order valence-electron chi connectivity index (χ0n) is 21.8. The molecule has 1 aromatic carbocycles. The van der Waals surface area contributed by atoms with Crippen LogP contribution in [0.15, 0.2) is 30.4 Å². The van der Waals surface area contributed by atoms with Crippen molar-refractivity contribution in [3.05, 3.63) is 40.4 Å². The Bertz CT molecular complexity index is 1140. The zero-order valence-corrected chi connectivity index (χ0v) is 23.3. The summed E-state index contributed by atoms with van der Waals surface area (Å²) in [5.41, 5.74) is -1.77. The van der Waals surface area contributed by atoms with Crippen molar-refractivity contribution in [2.75, 3.05) is 25.1 Å². The lowest BCUT2D eigenvalue weighted by Crippen LogP contribution is -2.56. The van der Waals surface area contributed by atoms with Gasteiger partial charge < -0.3 is 25.0 Å². The molecule has 8 nitrogen and oxygen atoms in total. The van der Waals surface area contributed by atoms with E-state index in [-0.39, 0.29) is 23.8 Å². The number of hydrogen-bond acceptors (Lipinski definition) is 5. The Morgan fingerprint density at radius 1 is 1.13 bits per heavy atom. The van der Waals surface area contributed by atoms with E-state index < -0.39 is 29.1 Å². The summed E-state index contributed by atoms with van der Waals surface area (Å²) in [7, 11) is 0. The predicted molar refractivity (Wildman–Crippen MR) is 145 cm³/mol. The van der Waals surface area contributed by atoms with E-state index in [1.807, 2.05) is 19.1 Å². The van der Waals surface area contributed by atoms with E-state index in [2.05, 4.69) is 10.6 Å². The quantitative estimate of drug-likeness (QED) is 0.344. The van der Waals surface area contributed by atoms with E-state index in [1.54, 1.807) is 30.0 Å². The molecule has 1 saturated carbocycles. The molecule has 0 aromatic heterocycles. The Hall–Kier alpha value is -2.13. The SMILES string of the molecule is CCOCCCN1C(=O)[C@H]2[C@H](C(=O)Nc3ccc(Cl)c(Cl)c3)[C@@]3(C)C=C[C@@]2(O3)[C@H]1C(=O)NC1CCCCC1. The molecule has 0 unspecified atom stereocenters. The zero-order chi connectivity index (χ0) is 27.1. The Labute approximate surface area is 233 Å². The highest BCUT2D eigenvalue weighted by Crippen LogP contribution is 2.59. The molecule has 5 rings (SSSR count). The number of rotatable bonds is 9. The molecule has 38 heavy (non-hydrogen) atoms. The van der Waals surface area contributed by atoms with Crippen molar-refractivity contribution >= 4 is 46.6 Å². The van der Waals surface area contributed by atoms with Crippen LogP contribution in [0.4, 0.5) is 5.69 Å². The van der Waals surface area contributed by atoms with E-state index in [0.29, 0.717) is 41.9 Å². The van der Waals surface area contributed by atoms with Gasteiger partial charge in [0.2, 0.25) is 17.7 Å². The van der Waals surface area contributed by atoms with Gasteiger partial charge in [0.1, 0.15) is 11.6 Å². The van der Waals surface area contributed by atoms with Gasteiger partial charge in [0.05, 0.1) is 27.5 Å². The minimum atomic E-state index is -1.21. The monoisotopic (exact) mass is 563 g/mol. The van der Waals surface area contributed by atoms with Gasteiger partial charge in [0, 0.05) is 31.5 Å². The Kier molecular flexibility index (Phi) is 7.80. The fourth-order valence-electron chi connectivity index (χ4n) is 6.67. The van der Waals surface area contributed by atoms with Crippen LogP contribution >= 0.6 is 23.2 Å². The maximum absolute atomic E-state index is 14.0. The second-order valence-electron chi connectivity index (χ2n) is 10.9. The maximum Gasteiger partial charge on any atom is 0.246 e. The summed E-state index contributed by atoms with van der Waals surface area (Å²) in [4.78, 5) is 43.2. The van der Waals surface area contributed by atoms with E-state index in [0.717, 1.165) is 25.7 Å². The van der Waals surface area contributed by atoms with Crippen LogP contribution in [0.1, 0.15) is 52.4 Å². The lowest BCUT2D eigenvalue weighted by molar-refractivity contribution is -0.144. The first-order chi connectivity index (χ1) is 18.2. The minimum absolute atomic E-state index is 0.0824. The van der Waals surface area contributed by atoms with Crippen LogP contribution in [0.25, 0.3) is 0 Å². The number of nitrogens with one attached hydrogen (secondary N) is 2. The van der Waals surface area contributed by atoms with Crippen LogP contribution in [-0.4, -0.2) is 65.7 Å². The molecule has 3 heterocycles. The lowest BCUT2D eigenvalue weighted by Gasteiger charge is -2.34. The smallest absolute Gasteiger partial charge is 0.246 e. The number of carbonyl (C=O) groups is 3. The third-order valence-electron chi connectivity index (χ3n) is 8.36. The predicted octanol–water partition coefficient (Wildman–Crippen LogP) is 4.35. The second kappa shape index (κ2) is 10.8. The number of hydrogen-bond donors (Lipinski definition) is 2. The molecule has 2 saturated heterocycles. The van der Waals surface area contributed by atoms with Crippen LogP contribution in [0.3, 0.4) is 0 Å². The number of likely N-dealkylation sites (tertiary alicyclic amines) is 1. The summed E-state index contributed by atoms with van der Waals surface area (Å²) in [5, 5.41) is 6.78. The molecule has 3 aliphatic heterocycles. The summed E-state index contributed by atoms with van der Waals surface area (Å²) < 4.78 is 12.1. The number of fused-ring (bicyclic) bond motifs is 1. The van der Waals surface area contributed by atoms with Crippen molar-refractivity contribution in [1.29, 1.82) is 0 Å². The third-order valence-corrected chi connectivity index (χ3v) is 9.10. The Morgan fingerprint density at radius 3 is 2.61 bits per heavy atom. The molecule has 5 atom stereocenters. The van der Waals surface area contributed by atoms with Gasteiger partial charge in [0.25, 0.3) is 0 Å². The normalized spacial score (nSPS) is 32.1. The number of ether oxygens (including phenoxy) is 2. The van der Waals surface area contributed by atoms with Gasteiger partial charge in [-0.05, 0) is 51.3 Å². The minimum Gasteiger partial charge on any atom is -0.382 e. The van der Waals surface area contributed by atoms with Gasteiger partial charge in [-0.3, -0.25) is 14.4 Å². The number of benzene rings is 1. The molecule has 2 bridgehead atoms.